The summed E-state index contributed by atoms with van der Waals surface area (Å²) in [5.41, 5.74) is 5.77. The number of nitrogens with zero attached hydrogens (tertiary/aromatic N) is 2. The maximum absolute atomic E-state index is 12.9. The van der Waals surface area contributed by atoms with E-state index in [1.54, 1.807) is 19.3 Å². The fraction of sp³-hybridized carbons (Fsp3) is 0.382. The van der Waals surface area contributed by atoms with Gasteiger partial charge in [0.1, 0.15) is 22.7 Å². The zero-order valence-electron chi connectivity index (χ0n) is 25.7. The highest BCUT2D eigenvalue weighted by Crippen LogP contribution is 2.36. The number of carbonyl (C=O) groups excluding carboxylic acids is 2. The summed E-state index contributed by atoms with van der Waals surface area (Å²) < 4.78 is 7.97. The smallest absolute Gasteiger partial charge is 0.274 e. The van der Waals surface area contributed by atoms with E-state index in [0.29, 0.717) is 35.3 Å². The van der Waals surface area contributed by atoms with Crippen LogP contribution in [0.15, 0.2) is 47.4 Å². The molecule has 43 heavy (non-hydrogen) atoms. The number of rotatable bonds is 9. The van der Waals surface area contributed by atoms with Gasteiger partial charge in [0, 0.05) is 49.4 Å². The van der Waals surface area contributed by atoms with Crippen LogP contribution in [0, 0.1) is 20.8 Å². The predicted molar refractivity (Wildman–Crippen MR) is 171 cm³/mol. The summed E-state index contributed by atoms with van der Waals surface area (Å²) in [4.78, 5) is 43.5. The summed E-state index contributed by atoms with van der Waals surface area (Å²) in [7, 11) is 1.70. The molecule has 2 aromatic heterocycles. The number of nitrogens with one attached hydrogen (secondary N) is 3. The van der Waals surface area contributed by atoms with Gasteiger partial charge in [-0.3, -0.25) is 14.4 Å². The van der Waals surface area contributed by atoms with Crippen molar-refractivity contribution in [1.82, 2.24) is 19.8 Å². The van der Waals surface area contributed by atoms with Crippen molar-refractivity contribution in [3.63, 3.8) is 0 Å². The molecule has 0 bridgehead atoms. The van der Waals surface area contributed by atoms with Crippen LogP contribution in [0.4, 0.5) is 5.69 Å². The number of amides is 2. The number of piperidine rings is 1. The highest BCUT2D eigenvalue weighted by molar-refractivity contribution is 6.02. The van der Waals surface area contributed by atoms with Gasteiger partial charge in [0.05, 0.1) is 0 Å². The SMILES string of the molecule is CCNC(=O)c1cc2c(-c3cc(C)cc(Oc4c(C)cc(NC(=O)CCN5CCCCC5)cc4C)c3)cn(C)c(=O)c2[nH]1. The second kappa shape index (κ2) is 12.9. The molecule has 1 aliphatic heterocycles. The molecule has 0 radical (unpaired) electrons. The monoisotopic (exact) mass is 583 g/mol. The quantitative estimate of drug-likeness (QED) is 0.230. The Hall–Kier alpha value is -4.37. The molecule has 2 aromatic carbocycles. The first-order valence-corrected chi connectivity index (χ1v) is 15.1. The molecule has 0 aliphatic carbocycles. The molecule has 9 heteroatoms. The first-order chi connectivity index (χ1) is 20.6. The Morgan fingerprint density at radius 3 is 2.40 bits per heavy atom. The lowest BCUT2D eigenvalue weighted by Gasteiger charge is -2.26. The van der Waals surface area contributed by atoms with Gasteiger partial charge in [-0.05, 0) is 106 Å². The lowest BCUT2D eigenvalue weighted by Crippen LogP contribution is -2.32. The molecular weight excluding hydrogens is 542 g/mol. The number of hydrogen-bond acceptors (Lipinski definition) is 5. The first-order valence-electron chi connectivity index (χ1n) is 15.1. The van der Waals surface area contributed by atoms with Gasteiger partial charge in [-0.2, -0.15) is 0 Å². The fourth-order valence-electron chi connectivity index (χ4n) is 5.87. The summed E-state index contributed by atoms with van der Waals surface area (Å²) in [6, 6.07) is 11.6. The second-order valence-corrected chi connectivity index (χ2v) is 11.6. The molecule has 1 aliphatic rings. The number of anilines is 1. The van der Waals surface area contributed by atoms with E-state index in [0.717, 1.165) is 58.9 Å². The summed E-state index contributed by atoms with van der Waals surface area (Å²) >= 11 is 0. The van der Waals surface area contributed by atoms with E-state index in [9.17, 15) is 14.4 Å². The van der Waals surface area contributed by atoms with Crippen LogP contribution in [0.2, 0.25) is 0 Å². The molecule has 4 aromatic rings. The summed E-state index contributed by atoms with van der Waals surface area (Å²) in [5.74, 6) is 1.15. The number of ether oxygens (including phenoxy) is 1. The van der Waals surface area contributed by atoms with Gasteiger partial charge < -0.3 is 29.8 Å². The van der Waals surface area contributed by atoms with E-state index in [2.05, 4.69) is 20.5 Å². The number of likely N-dealkylation sites (tertiary alicyclic amines) is 1. The van der Waals surface area contributed by atoms with Gasteiger partial charge in [-0.25, -0.2) is 0 Å². The molecule has 0 unspecified atom stereocenters. The number of pyridine rings is 1. The minimum Gasteiger partial charge on any atom is -0.457 e. The second-order valence-electron chi connectivity index (χ2n) is 11.6. The Balaban J connectivity index is 1.39. The van der Waals surface area contributed by atoms with Crippen molar-refractivity contribution in [1.29, 1.82) is 0 Å². The predicted octanol–water partition coefficient (Wildman–Crippen LogP) is 5.82. The topological polar surface area (TPSA) is 108 Å². The molecule has 0 atom stereocenters. The van der Waals surface area contributed by atoms with Crippen molar-refractivity contribution in [2.45, 2.75) is 53.4 Å². The van der Waals surface area contributed by atoms with Crippen LogP contribution in [0.25, 0.3) is 22.0 Å². The van der Waals surface area contributed by atoms with Gasteiger partial charge in [0.15, 0.2) is 0 Å². The minimum absolute atomic E-state index is 0.0185. The molecule has 3 heterocycles. The largest absolute Gasteiger partial charge is 0.457 e. The average Bonchev–Trinajstić information content (AvgIpc) is 3.42. The lowest BCUT2D eigenvalue weighted by molar-refractivity contribution is -0.116. The maximum Gasteiger partial charge on any atom is 0.274 e. The van der Waals surface area contributed by atoms with Crippen LogP contribution >= 0.6 is 0 Å². The molecule has 226 valence electrons. The van der Waals surface area contributed by atoms with Gasteiger partial charge >= 0.3 is 0 Å². The maximum atomic E-state index is 12.9. The molecule has 1 fully saturated rings. The van der Waals surface area contributed by atoms with Crippen molar-refractivity contribution in [2.75, 3.05) is 31.5 Å². The Bertz CT molecular complexity index is 1710. The number of H-pyrrole nitrogens is 1. The van der Waals surface area contributed by atoms with E-state index in [1.165, 1.54) is 23.8 Å². The van der Waals surface area contributed by atoms with E-state index in [4.69, 9.17) is 4.74 Å². The molecule has 0 saturated carbocycles. The molecule has 0 spiro atoms. The summed E-state index contributed by atoms with van der Waals surface area (Å²) in [6.45, 7) is 11.2. The highest BCUT2D eigenvalue weighted by atomic mass is 16.5. The van der Waals surface area contributed by atoms with Crippen LogP contribution < -0.4 is 20.9 Å². The van der Waals surface area contributed by atoms with Gasteiger partial charge in [-0.1, -0.05) is 12.5 Å². The number of fused-ring (bicyclic) bond motifs is 1. The van der Waals surface area contributed by atoms with E-state index < -0.39 is 0 Å². The van der Waals surface area contributed by atoms with E-state index in [-0.39, 0.29) is 17.4 Å². The van der Waals surface area contributed by atoms with Gasteiger partial charge in [0.25, 0.3) is 11.5 Å². The van der Waals surface area contributed by atoms with Crippen molar-refractivity contribution in [3.05, 3.63) is 75.3 Å². The van der Waals surface area contributed by atoms with E-state index >= 15 is 0 Å². The van der Waals surface area contributed by atoms with Gasteiger partial charge in [0.2, 0.25) is 5.91 Å². The molecule has 5 rings (SSSR count). The number of aryl methyl sites for hydroxylation is 4. The number of hydrogen-bond donors (Lipinski definition) is 3. The van der Waals surface area contributed by atoms with Crippen LogP contribution in [0.3, 0.4) is 0 Å². The minimum atomic E-state index is -0.257. The van der Waals surface area contributed by atoms with Crippen LogP contribution in [-0.4, -0.2) is 52.4 Å². The Morgan fingerprint density at radius 1 is 0.977 bits per heavy atom. The molecule has 3 N–H and O–H groups in total. The highest BCUT2D eigenvalue weighted by Gasteiger charge is 2.18. The number of carbonyl (C=O) groups is 2. The third kappa shape index (κ3) is 6.83. The van der Waals surface area contributed by atoms with E-state index in [1.807, 2.05) is 58.0 Å². The number of aromatic nitrogens is 2. The zero-order chi connectivity index (χ0) is 30.7. The Kier molecular flexibility index (Phi) is 9.01. The van der Waals surface area contributed by atoms with Crippen molar-refractivity contribution in [2.24, 2.45) is 7.05 Å². The summed E-state index contributed by atoms with van der Waals surface area (Å²) in [6.07, 6.45) is 5.97. The molecule has 2 amide bonds. The zero-order valence-corrected chi connectivity index (χ0v) is 25.7. The third-order valence-corrected chi connectivity index (χ3v) is 7.98. The fourth-order valence-corrected chi connectivity index (χ4v) is 5.87. The average molecular weight is 584 g/mol. The third-order valence-electron chi connectivity index (χ3n) is 7.98. The molecule has 9 nitrogen and oxygen atoms in total. The molecular formula is C34H41N5O4. The van der Waals surface area contributed by atoms with Gasteiger partial charge in [-0.15, -0.1) is 0 Å². The Labute approximate surface area is 252 Å². The molecule has 1 saturated heterocycles. The van der Waals surface area contributed by atoms with Crippen LogP contribution in [0.5, 0.6) is 11.5 Å². The van der Waals surface area contributed by atoms with Crippen molar-refractivity contribution < 1.29 is 14.3 Å². The van der Waals surface area contributed by atoms with Crippen LogP contribution in [-0.2, 0) is 11.8 Å². The van der Waals surface area contributed by atoms with Crippen molar-refractivity contribution >= 4 is 28.4 Å². The first kappa shape index (κ1) is 30.1. The summed E-state index contributed by atoms with van der Waals surface area (Å²) in [5, 5.41) is 6.51. The normalized spacial score (nSPS) is 13.7. The Morgan fingerprint density at radius 2 is 1.70 bits per heavy atom. The van der Waals surface area contributed by atoms with Crippen molar-refractivity contribution in [3.8, 4) is 22.6 Å². The van der Waals surface area contributed by atoms with Crippen LogP contribution in [0.1, 0.15) is 59.8 Å². The standard InChI is InChI=1S/C34H41N5O4/c1-6-35-33(41)29-19-27-28(20-38(5)34(42)31(27)37-29)24-14-21(2)15-26(18-24)43-32-22(3)16-25(17-23(32)4)36-30(40)10-13-39-11-8-7-9-12-39/h14-20,37H,6-13H2,1-5H3,(H,35,41)(H,36,40). The lowest BCUT2D eigenvalue weighted by atomic mass is 10.0. The number of benzene rings is 2. The number of aromatic amines is 1.